The summed E-state index contributed by atoms with van der Waals surface area (Å²) in [6.07, 6.45) is 5.60. The number of hydrogen-bond donors (Lipinski definition) is 1. The Labute approximate surface area is 192 Å². The normalized spacial score (nSPS) is 11.9. The molecule has 5 aromatic rings. The SMILES string of the molecule is NS(=O)(=O)C=Cc1ccc(-c2cc(-c3ccccc3)c3nc(-c4ccccc4)cn3c2)cc1. The first kappa shape index (κ1) is 20.9. The maximum Gasteiger partial charge on any atom is 0.231 e. The molecule has 0 atom stereocenters. The van der Waals surface area contributed by atoms with Crippen molar-refractivity contribution >= 4 is 21.7 Å². The summed E-state index contributed by atoms with van der Waals surface area (Å²) in [7, 11) is -3.66. The third-order valence-corrected chi connectivity index (χ3v) is 5.92. The number of benzene rings is 3. The van der Waals surface area contributed by atoms with Crippen molar-refractivity contribution in [1.29, 1.82) is 0 Å². The summed E-state index contributed by atoms with van der Waals surface area (Å²) in [5.74, 6) is 0. The minimum absolute atomic E-state index is 0.756. The van der Waals surface area contributed by atoms with E-state index in [9.17, 15) is 8.42 Å². The van der Waals surface area contributed by atoms with Gasteiger partial charge in [-0.15, -0.1) is 0 Å². The van der Waals surface area contributed by atoms with Gasteiger partial charge in [-0.1, -0.05) is 84.9 Å². The number of imidazole rings is 1. The predicted octanol–water partition coefficient (Wildman–Crippen LogP) is 5.59. The molecular formula is C27H21N3O2S. The fourth-order valence-corrected chi connectivity index (χ4v) is 4.14. The summed E-state index contributed by atoms with van der Waals surface area (Å²) < 4.78 is 24.4. The zero-order chi connectivity index (χ0) is 22.8. The molecule has 0 fully saturated rings. The summed E-state index contributed by atoms with van der Waals surface area (Å²) in [5, 5.41) is 6.05. The van der Waals surface area contributed by atoms with Crippen molar-refractivity contribution in [2.45, 2.75) is 0 Å². The summed E-state index contributed by atoms with van der Waals surface area (Å²) in [6, 6.07) is 30.1. The molecule has 0 saturated heterocycles. The largest absolute Gasteiger partial charge is 0.305 e. The fourth-order valence-electron chi connectivity index (χ4n) is 3.79. The second-order valence-corrected chi connectivity index (χ2v) is 9.20. The lowest BCUT2D eigenvalue weighted by Crippen LogP contribution is -2.06. The molecule has 162 valence electrons. The van der Waals surface area contributed by atoms with Crippen LogP contribution in [-0.4, -0.2) is 17.8 Å². The van der Waals surface area contributed by atoms with Crippen molar-refractivity contribution in [3.63, 3.8) is 0 Å². The van der Waals surface area contributed by atoms with Crippen LogP contribution in [0.25, 0.3) is 45.2 Å². The maximum absolute atomic E-state index is 11.2. The lowest BCUT2D eigenvalue weighted by Gasteiger charge is -2.09. The van der Waals surface area contributed by atoms with Crippen LogP contribution in [0.5, 0.6) is 0 Å². The third kappa shape index (κ3) is 4.62. The Morgan fingerprint density at radius 2 is 1.36 bits per heavy atom. The molecule has 0 bridgehead atoms. The fraction of sp³-hybridized carbons (Fsp3) is 0. The van der Waals surface area contributed by atoms with Gasteiger partial charge in [0.05, 0.1) is 5.69 Å². The predicted molar refractivity (Wildman–Crippen MR) is 134 cm³/mol. The monoisotopic (exact) mass is 451 g/mol. The van der Waals surface area contributed by atoms with Crippen LogP contribution in [0.1, 0.15) is 5.56 Å². The Balaban J connectivity index is 1.63. The van der Waals surface area contributed by atoms with Gasteiger partial charge in [0.2, 0.25) is 10.0 Å². The van der Waals surface area contributed by atoms with Crippen molar-refractivity contribution in [1.82, 2.24) is 9.38 Å². The van der Waals surface area contributed by atoms with Crippen molar-refractivity contribution in [3.8, 4) is 33.5 Å². The average molecular weight is 452 g/mol. The van der Waals surface area contributed by atoms with Crippen LogP contribution < -0.4 is 5.14 Å². The minimum Gasteiger partial charge on any atom is -0.305 e. The number of aromatic nitrogens is 2. The van der Waals surface area contributed by atoms with Crippen LogP contribution >= 0.6 is 0 Å². The number of pyridine rings is 1. The molecule has 0 saturated carbocycles. The van der Waals surface area contributed by atoms with Crippen LogP contribution in [0.15, 0.2) is 109 Å². The third-order valence-electron chi connectivity index (χ3n) is 5.40. The molecule has 3 aromatic carbocycles. The van der Waals surface area contributed by atoms with Gasteiger partial charge in [0.25, 0.3) is 0 Å². The lowest BCUT2D eigenvalue weighted by molar-refractivity contribution is 0.606. The molecule has 0 unspecified atom stereocenters. The number of nitrogens with zero attached hydrogens (tertiary/aromatic N) is 2. The lowest BCUT2D eigenvalue weighted by atomic mass is 10.0. The van der Waals surface area contributed by atoms with Gasteiger partial charge in [-0.3, -0.25) is 0 Å². The number of rotatable bonds is 5. The average Bonchev–Trinajstić information content (AvgIpc) is 3.27. The van der Waals surface area contributed by atoms with Crippen LogP contribution in [0, 0.1) is 0 Å². The Bertz CT molecular complexity index is 1560. The van der Waals surface area contributed by atoms with Gasteiger partial charge in [0.1, 0.15) is 5.65 Å². The van der Waals surface area contributed by atoms with E-state index in [0.29, 0.717) is 0 Å². The first-order valence-electron chi connectivity index (χ1n) is 10.4. The molecule has 5 nitrogen and oxygen atoms in total. The zero-order valence-electron chi connectivity index (χ0n) is 17.7. The van der Waals surface area contributed by atoms with Gasteiger partial charge < -0.3 is 4.40 Å². The molecule has 33 heavy (non-hydrogen) atoms. The van der Waals surface area contributed by atoms with Crippen LogP contribution in [0.2, 0.25) is 0 Å². The summed E-state index contributed by atoms with van der Waals surface area (Å²) >= 11 is 0. The molecular weight excluding hydrogens is 430 g/mol. The Hall–Kier alpha value is -4.00. The van der Waals surface area contributed by atoms with Crippen LogP contribution in [0.4, 0.5) is 0 Å². The highest BCUT2D eigenvalue weighted by atomic mass is 32.2. The highest BCUT2D eigenvalue weighted by Gasteiger charge is 2.12. The molecule has 2 aromatic heterocycles. The second-order valence-electron chi connectivity index (χ2n) is 7.75. The topological polar surface area (TPSA) is 77.5 Å². The van der Waals surface area contributed by atoms with E-state index in [0.717, 1.165) is 50.1 Å². The van der Waals surface area contributed by atoms with Crippen molar-refractivity contribution < 1.29 is 8.42 Å². The van der Waals surface area contributed by atoms with E-state index in [2.05, 4.69) is 40.9 Å². The van der Waals surface area contributed by atoms with E-state index in [-0.39, 0.29) is 0 Å². The van der Waals surface area contributed by atoms with Crippen molar-refractivity contribution in [2.75, 3.05) is 0 Å². The molecule has 0 aliphatic rings. The maximum atomic E-state index is 11.2. The van der Waals surface area contributed by atoms with Gasteiger partial charge in [-0.25, -0.2) is 18.5 Å². The first-order valence-corrected chi connectivity index (χ1v) is 12.0. The molecule has 2 heterocycles. The number of fused-ring (bicyclic) bond motifs is 1. The number of sulfonamides is 1. The summed E-state index contributed by atoms with van der Waals surface area (Å²) in [5.41, 5.74) is 7.77. The molecule has 0 aliphatic carbocycles. The molecule has 0 spiro atoms. The second kappa shape index (κ2) is 8.50. The van der Waals surface area contributed by atoms with E-state index in [1.54, 1.807) is 0 Å². The van der Waals surface area contributed by atoms with E-state index in [4.69, 9.17) is 10.1 Å². The van der Waals surface area contributed by atoms with Gasteiger partial charge >= 0.3 is 0 Å². The highest BCUT2D eigenvalue weighted by molar-refractivity contribution is 7.92. The first-order chi connectivity index (χ1) is 16.0. The van der Waals surface area contributed by atoms with Gasteiger partial charge in [-0.05, 0) is 34.4 Å². The number of primary sulfonamides is 1. The highest BCUT2D eigenvalue weighted by Crippen LogP contribution is 2.32. The van der Waals surface area contributed by atoms with Crippen LogP contribution in [-0.2, 0) is 10.0 Å². The van der Waals surface area contributed by atoms with Gasteiger partial charge in [-0.2, -0.15) is 0 Å². The van der Waals surface area contributed by atoms with E-state index >= 15 is 0 Å². The minimum atomic E-state index is -3.66. The Kier molecular flexibility index (Phi) is 5.38. The molecule has 0 aliphatic heterocycles. The number of nitrogens with two attached hydrogens (primary N) is 1. The van der Waals surface area contributed by atoms with E-state index in [1.165, 1.54) is 6.08 Å². The molecule has 0 radical (unpaired) electrons. The zero-order valence-corrected chi connectivity index (χ0v) is 18.5. The molecule has 6 heteroatoms. The Morgan fingerprint density at radius 1 is 0.727 bits per heavy atom. The molecule has 5 rings (SSSR count). The molecule has 2 N–H and O–H groups in total. The van der Waals surface area contributed by atoms with Crippen molar-refractivity contribution in [3.05, 3.63) is 114 Å². The summed E-state index contributed by atoms with van der Waals surface area (Å²) in [6.45, 7) is 0. The quantitative estimate of drug-likeness (QED) is 0.378. The van der Waals surface area contributed by atoms with Gasteiger partial charge in [0.15, 0.2) is 0 Å². The van der Waals surface area contributed by atoms with E-state index < -0.39 is 10.0 Å². The Morgan fingerprint density at radius 3 is 2.00 bits per heavy atom. The standard InChI is InChI=1S/C27H21N3O2S/c28-33(31,32)16-15-20-11-13-21(14-12-20)24-17-25(22-7-3-1-4-8-22)27-29-26(19-30(27)18-24)23-9-5-2-6-10-23/h1-19H,(H2,28,31,32). The number of hydrogen-bond acceptors (Lipinski definition) is 3. The summed E-state index contributed by atoms with van der Waals surface area (Å²) in [4.78, 5) is 4.94. The van der Waals surface area contributed by atoms with Gasteiger partial charge in [0, 0.05) is 28.9 Å². The molecule has 0 amide bonds. The van der Waals surface area contributed by atoms with Crippen LogP contribution in [0.3, 0.4) is 0 Å². The smallest absolute Gasteiger partial charge is 0.231 e. The van der Waals surface area contributed by atoms with E-state index in [1.807, 2.05) is 66.9 Å². The van der Waals surface area contributed by atoms with Crippen molar-refractivity contribution in [2.24, 2.45) is 5.14 Å².